The highest BCUT2D eigenvalue weighted by molar-refractivity contribution is 5.94. The summed E-state index contributed by atoms with van der Waals surface area (Å²) in [7, 11) is 7.07. The fourth-order valence-corrected chi connectivity index (χ4v) is 1.64. The molecule has 0 saturated heterocycles. The second-order valence-corrected chi connectivity index (χ2v) is 4.44. The Labute approximate surface area is 114 Å². The van der Waals surface area contributed by atoms with Gasteiger partial charge in [-0.25, -0.2) is 0 Å². The topological polar surface area (TPSA) is 38.8 Å². The largest absolute Gasteiger partial charge is 0.493 e. The predicted octanol–water partition coefficient (Wildman–Crippen LogP) is 2.24. The van der Waals surface area contributed by atoms with E-state index in [-0.39, 0.29) is 5.78 Å². The number of carbonyl (C=O) groups excluding carboxylic acids is 1. The van der Waals surface area contributed by atoms with Gasteiger partial charge in [0, 0.05) is 18.5 Å². The number of methoxy groups -OCH3 is 2. The molecule has 1 aromatic carbocycles. The summed E-state index contributed by atoms with van der Waals surface area (Å²) in [5.74, 6) is 1.39. The first kappa shape index (κ1) is 15.2. The lowest BCUT2D eigenvalue weighted by Crippen LogP contribution is -2.15. The smallest absolute Gasteiger partial charge is 0.167 e. The first-order chi connectivity index (χ1) is 9.08. The molecule has 0 amide bonds. The quantitative estimate of drug-likeness (QED) is 0.707. The lowest BCUT2D eigenvalue weighted by atomic mass is 10.1. The van der Waals surface area contributed by atoms with Gasteiger partial charge in [0.05, 0.1) is 14.2 Å². The molecular formula is C15H21NO3. The molecule has 1 rings (SSSR count). The van der Waals surface area contributed by atoms with Gasteiger partial charge in [-0.05, 0) is 32.3 Å². The first-order valence-electron chi connectivity index (χ1n) is 6.15. The zero-order chi connectivity index (χ0) is 14.3. The number of ketones is 1. The first-order valence-corrected chi connectivity index (χ1v) is 6.15. The molecule has 1 aromatic rings. The molecule has 0 N–H and O–H groups in total. The lowest BCUT2D eigenvalue weighted by Gasteiger charge is -2.10. The third kappa shape index (κ3) is 4.75. The van der Waals surface area contributed by atoms with E-state index in [1.807, 2.05) is 37.2 Å². The van der Waals surface area contributed by atoms with Crippen LogP contribution in [-0.2, 0) is 4.79 Å². The van der Waals surface area contributed by atoms with Crippen LogP contribution in [0.25, 0.3) is 6.08 Å². The molecule has 0 aliphatic rings. The second-order valence-electron chi connectivity index (χ2n) is 4.44. The number of carbonyl (C=O) groups is 1. The van der Waals surface area contributed by atoms with Crippen LogP contribution in [0.4, 0.5) is 0 Å². The Morgan fingerprint density at radius 3 is 2.58 bits per heavy atom. The van der Waals surface area contributed by atoms with Crippen molar-refractivity contribution in [3.8, 4) is 11.5 Å². The van der Waals surface area contributed by atoms with E-state index in [4.69, 9.17) is 9.47 Å². The minimum absolute atomic E-state index is 0.0959. The summed E-state index contributed by atoms with van der Waals surface area (Å²) < 4.78 is 10.5. The van der Waals surface area contributed by atoms with Crippen molar-refractivity contribution in [3.63, 3.8) is 0 Å². The van der Waals surface area contributed by atoms with Crippen LogP contribution in [0.3, 0.4) is 0 Å². The number of benzene rings is 1. The molecule has 19 heavy (non-hydrogen) atoms. The Morgan fingerprint density at radius 2 is 2.00 bits per heavy atom. The summed E-state index contributed by atoms with van der Waals surface area (Å²) in [6.07, 6.45) is 3.86. The zero-order valence-electron chi connectivity index (χ0n) is 12.0. The average molecular weight is 263 g/mol. The van der Waals surface area contributed by atoms with Gasteiger partial charge in [-0.1, -0.05) is 12.1 Å². The molecule has 4 nitrogen and oxygen atoms in total. The zero-order valence-corrected chi connectivity index (χ0v) is 12.0. The lowest BCUT2D eigenvalue weighted by molar-refractivity contribution is -0.114. The Kier molecular flexibility index (Phi) is 6.09. The van der Waals surface area contributed by atoms with Gasteiger partial charge in [0.25, 0.3) is 0 Å². The molecule has 0 unspecified atom stereocenters. The highest BCUT2D eigenvalue weighted by Crippen LogP contribution is 2.31. The standard InChI is InChI=1S/C15H21NO3/c1-16(2)11-10-13(17)9-8-12-6-5-7-14(18-3)15(12)19-4/h5-9H,10-11H2,1-4H3/b9-8+. The van der Waals surface area contributed by atoms with E-state index in [0.29, 0.717) is 17.9 Å². The number of para-hydroxylation sites is 1. The van der Waals surface area contributed by atoms with Crippen LogP contribution >= 0.6 is 0 Å². The monoisotopic (exact) mass is 263 g/mol. The van der Waals surface area contributed by atoms with Crippen LogP contribution in [0.2, 0.25) is 0 Å². The molecule has 0 heterocycles. The molecular weight excluding hydrogens is 242 g/mol. The third-order valence-electron chi connectivity index (χ3n) is 2.69. The molecule has 0 bridgehead atoms. The van der Waals surface area contributed by atoms with Crippen LogP contribution in [0.15, 0.2) is 24.3 Å². The van der Waals surface area contributed by atoms with Crippen LogP contribution in [-0.4, -0.2) is 45.5 Å². The van der Waals surface area contributed by atoms with Crippen LogP contribution < -0.4 is 9.47 Å². The van der Waals surface area contributed by atoms with E-state index in [2.05, 4.69) is 0 Å². The predicted molar refractivity (Wildman–Crippen MR) is 76.8 cm³/mol. The SMILES string of the molecule is COc1cccc(/C=C/C(=O)CCN(C)C)c1OC. The molecule has 0 atom stereocenters. The number of allylic oxidation sites excluding steroid dienone is 1. The van der Waals surface area contributed by atoms with E-state index < -0.39 is 0 Å². The minimum Gasteiger partial charge on any atom is -0.493 e. The van der Waals surface area contributed by atoms with Gasteiger partial charge >= 0.3 is 0 Å². The summed E-state index contributed by atoms with van der Waals surface area (Å²) in [6.45, 7) is 0.748. The van der Waals surface area contributed by atoms with Gasteiger partial charge in [-0.15, -0.1) is 0 Å². The third-order valence-corrected chi connectivity index (χ3v) is 2.69. The minimum atomic E-state index is 0.0959. The molecule has 4 heteroatoms. The van der Waals surface area contributed by atoms with Gasteiger partial charge in [0.15, 0.2) is 17.3 Å². The Bertz CT molecular complexity index is 453. The molecule has 0 fully saturated rings. The number of hydrogen-bond acceptors (Lipinski definition) is 4. The number of ether oxygens (including phenoxy) is 2. The molecule has 0 saturated carbocycles. The Balaban J connectivity index is 2.78. The Morgan fingerprint density at radius 1 is 1.26 bits per heavy atom. The van der Waals surface area contributed by atoms with Gasteiger partial charge < -0.3 is 14.4 Å². The van der Waals surface area contributed by atoms with Crippen molar-refractivity contribution in [3.05, 3.63) is 29.8 Å². The van der Waals surface area contributed by atoms with Gasteiger partial charge in [0.1, 0.15) is 0 Å². The summed E-state index contributed by atoms with van der Waals surface area (Å²) in [6, 6.07) is 5.58. The van der Waals surface area contributed by atoms with E-state index in [9.17, 15) is 4.79 Å². The molecule has 0 radical (unpaired) electrons. The molecule has 104 valence electrons. The maximum atomic E-state index is 11.7. The van der Waals surface area contributed by atoms with E-state index in [0.717, 1.165) is 12.1 Å². The van der Waals surface area contributed by atoms with Crippen molar-refractivity contribution in [1.29, 1.82) is 0 Å². The summed E-state index contributed by atoms with van der Waals surface area (Å²) in [5.41, 5.74) is 0.833. The molecule has 0 aliphatic carbocycles. The normalized spacial score (nSPS) is 11.0. The number of nitrogens with zero attached hydrogens (tertiary/aromatic N) is 1. The van der Waals surface area contributed by atoms with E-state index in [1.165, 1.54) is 0 Å². The number of hydrogen-bond donors (Lipinski definition) is 0. The fraction of sp³-hybridized carbons (Fsp3) is 0.400. The Hall–Kier alpha value is -1.81. The summed E-state index contributed by atoms with van der Waals surface area (Å²) in [4.78, 5) is 13.7. The van der Waals surface area contributed by atoms with E-state index in [1.54, 1.807) is 26.4 Å². The maximum Gasteiger partial charge on any atom is 0.167 e. The maximum absolute atomic E-state index is 11.7. The van der Waals surface area contributed by atoms with Crippen molar-refractivity contribution in [2.45, 2.75) is 6.42 Å². The van der Waals surface area contributed by atoms with Gasteiger partial charge in [0.2, 0.25) is 0 Å². The summed E-state index contributed by atoms with van der Waals surface area (Å²) in [5, 5.41) is 0. The van der Waals surface area contributed by atoms with E-state index >= 15 is 0 Å². The highest BCUT2D eigenvalue weighted by atomic mass is 16.5. The van der Waals surface area contributed by atoms with Crippen LogP contribution in [0.5, 0.6) is 11.5 Å². The van der Waals surface area contributed by atoms with Gasteiger partial charge in [-0.3, -0.25) is 4.79 Å². The van der Waals surface area contributed by atoms with Crippen molar-refractivity contribution >= 4 is 11.9 Å². The van der Waals surface area contributed by atoms with Crippen molar-refractivity contribution in [2.24, 2.45) is 0 Å². The van der Waals surface area contributed by atoms with Crippen molar-refractivity contribution in [2.75, 3.05) is 34.9 Å². The van der Waals surface area contributed by atoms with Crippen molar-refractivity contribution < 1.29 is 14.3 Å². The second kappa shape index (κ2) is 7.59. The van der Waals surface area contributed by atoms with Crippen LogP contribution in [0.1, 0.15) is 12.0 Å². The van der Waals surface area contributed by atoms with Crippen molar-refractivity contribution in [1.82, 2.24) is 4.90 Å². The molecule has 0 aliphatic heterocycles. The van der Waals surface area contributed by atoms with Gasteiger partial charge in [-0.2, -0.15) is 0 Å². The molecule has 0 spiro atoms. The summed E-state index contributed by atoms with van der Waals surface area (Å²) >= 11 is 0. The fourth-order valence-electron chi connectivity index (χ4n) is 1.64. The highest BCUT2D eigenvalue weighted by Gasteiger charge is 2.07. The molecule has 0 aromatic heterocycles. The number of rotatable bonds is 7. The average Bonchev–Trinajstić information content (AvgIpc) is 2.42. The van der Waals surface area contributed by atoms with Crippen LogP contribution in [0, 0.1) is 0 Å².